The molecule has 2 fully saturated rings. The Labute approximate surface area is 108 Å². The van der Waals surface area contributed by atoms with Crippen molar-refractivity contribution in [2.75, 3.05) is 7.05 Å². The molecule has 0 heterocycles. The van der Waals surface area contributed by atoms with Gasteiger partial charge in [-0.2, -0.15) is 0 Å². The number of oxime groups is 1. The monoisotopic (exact) mass is 253 g/mol. The fourth-order valence-electron chi connectivity index (χ4n) is 3.16. The van der Waals surface area contributed by atoms with Gasteiger partial charge in [-0.1, -0.05) is 24.9 Å². The number of amides is 1. The van der Waals surface area contributed by atoms with Gasteiger partial charge in [0, 0.05) is 13.1 Å². The van der Waals surface area contributed by atoms with Crippen molar-refractivity contribution < 1.29 is 10.0 Å². The molecule has 0 radical (unpaired) electrons. The molecule has 0 bridgehead atoms. The third-order valence-corrected chi connectivity index (χ3v) is 4.64. The Bertz CT molecular complexity index is 363. The molecule has 0 spiro atoms. The van der Waals surface area contributed by atoms with Crippen molar-refractivity contribution in [1.82, 2.24) is 4.90 Å². The summed E-state index contributed by atoms with van der Waals surface area (Å²) in [7, 11) is 1.86. The highest BCUT2D eigenvalue weighted by atomic mass is 16.4. The molecule has 0 aliphatic heterocycles. The minimum Gasteiger partial charge on any atom is -0.409 e. The van der Waals surface area contributed by atoms with E-state index in [1.165, 1.54) is 19.3 Å². The molecule has 2 atom stereocenters. The van der Waals surface area contributed by atoms with E-state index in [1.807, 2.05) is 11.9 Å². The maximum atomic E-state index is 12.5. The van der Waals surface area contributed by atoms with Crippen LogP contribution in [0.2, 0.25) is 0 Å². The smallest absolute Gasteiger partial charge is 0.236 e. The van der Waals surface area contributed by atoms with Crippen molar-refractivity contribution in [2.45, 2.75) is 51.5 Å². The topological polar surface area (TPSA) is 78.9 Å². The Kier molecular flexibility index (Phi) is 3.50. The van der Waals surface area contributed by atoms with Gasteiger partial charge in [-0.15, -0.1) is 0 Å². The van der Waals surface area contributed by atoms with E-state index in [0.29, 0.717) is 24.8 Å². The average Bonchev–Trinajstić information content (AvgIpc) is 3.18. The van der Waals surface area contributed by atoms with Crippen molar-refractivity contribution in [3.05, 3.63) is 0 Å². The van der Waals surface area contributed by atoms with Crippen LogP contribution in [-0.4, -0.2) is 34.9 Å². The third kappa shape index (κ3) is 2.06. The second kappa shape index (κ2) is 4.78. The minimum atomic E-state index is -0.708. The van der Waals surface area contributed by atoms with E-state index in [-0.39, 0.29) is 11.7 Å². The number of amidine groups is 1. The highest BCUT2D eigenvalue weighted by molar-refractivity contribution is 6.09. The molecular weight excluding hydrogens is 230 g/mol. The Hall–Kier alpha value is -1.26. The molecule has 0 aromatic carbocycles. The van der Waals surface area contributed by atoms with Gasteiger partial charge in [0.2, 0.25) is 5.91 Å². The quantitative estimate of drug-likeness (QED) is 0.346. The SMILES string of the molecule is CC1CCCCC1N(C)C(=O)C1(C(N)=NO)CC1. The predicted molar refractivity (Wildman–Crippen MR) is 69.3 cm³/mol. The summed E-state index contributed by atoms with van der Waals surface area (Å²) in [4.78, 5) is 14.4. The van der Waals surface area contributed by atoms with Crippen LogP contribution in [0, 0.1) is 11.3 Å². The van der Waals surface area contributed by atoms with Gasteiger partial charge in [-0.25, -0.2) is 0 Å². The zero-order valence-corrected chi connectivity index (χ0v) is 11.2. The fourth-order valence-corrected chi connectivity index (χ4v) is 3.16. The largest absolute Gasteiger partial charge is 0.409 e. The van der Waals surface area contributed by atoms with E-state index in [4.69, 9.17) is 10.9 Å². The second-order valence-electron chi connectivity index (χ2n) is 5.81. The fraction of sp³-hybridized carbons (Fsp3) is 0.846. The lowest BCUT2D eigenvalue weighted by Crippen LogP contribution is -2.49. The van der Waals surface area contributed by atoms with E-state index in [1.54, 1.807) is 0 Å². The number of carbonyl (C=O) groups is 1. The van der Waals surface area contributed by atoms with Crippen LogP contribution in [0.15, 0.2) is 5.16 Å². The first kappa shape index (κ1) is 13.2. The Morgan fingerprint density at radius 2 is 2.00 bits per heavy atom. The lowest BCUT2D eigenvalue weighted by molar-refractivity contribution is -0.137. The van der Waals surface area contributed by atoms with Crippen LogP contribution < -0.4 is 5.73 Å². The van der Waals surface area contributed by atoms with Crippen molar-refractivity contribution in [2.24, 2.45) is 22.2 Å². The Balaban J connectivity index is 2.09. The number of nitrogens with zero attached hydrogens (tertiary/aromatic N) is 2. The van der Waals surface area contributed by atoms with Crippen LogP contribution >= 0.6 is 0 Å². The highest BCUT2D eigenvalue weighted by Gasteiger charge is 2.56. The summed E-state index contributed by atoms with van der Waals surface area (Å²) in [5.74, 6) is 0.634. The summed E-state index contributed by atoms with van der Waals surface area (Å²) >= 11 is 0. The standard InChI is InChI=1S/C13H23N3O2/c1-9-5-3-4-6-10(9)16(2)12(17)13(7-8-13)11(14)15-18/h9-10,18H,3-8H2,1-2H3,(H2,14,15). The summed E-state index contributed by atoms with van der Waals surface area (Å²) in [5, 5.41) is 11.8. The molecule has 2 aliphatic carbocycles. The van der Waals surface area contributed by atoms with Crippen LogP contribution in [0.1, 0.15) is 45.4 Å². The first-order chi connectivity index (χ1) is 8.53. The van der Waals surface area contributed by atoms with Crippen molar-refractivity contribution in [3.63, 3.8) is 0 Å². The zero-order chi connectivity index (χ0) is 13.3. The molecule has 2 saturated carbocycles. The maximum Gasteiger partial charge on any atom is 0.236 e. The van der Waals surface area contributed by atoms with E-state index < -0.39 is 5.41 Å². The van der Waals surface area contributed by atoms with Gasteiger partial charge in [0.05, 0.1) is 0 Å². The summed E-state index contributed by atoms with van der Waals surface area (Å²) in [5.41, 5.74) is 4.96. The predicted octanol–water partition coefficient (Wildman–Crippen LogP) is 1.55. The highest BCUT2D eigenvalue weighted by Crippen LogP contribution is 2.48. The molecule has 0 aromatic rings. The lowest BCUT2D eigenvalue weighted by atomic mass is 9.84. The molecule has 18 heavy (non-hydrogen) atoms. The van der Waals surface area contributed by atoms with Crippen LogP contribution in [0.3, 0.4) is 0 Å². The van der Waals surface area contributed by atoms with Gasteiger partial charge in [-0.05, 0) is 31.6 Å². The number of nitrogens with two attached hydrogens (primary N) is 1. The van der Waals surface area contributed by atoms with Crippen LogP contribution in [-0.2, 0) is 4.79 Å². The zero-order valence-electron chi connectivity index (χ0n) is 11.2. The minimum absolute atomic E-state index is 0.0246. The molecule has 2 unspecified atom stereocenters. The number of hydrogen-bond donors (Lipinski definition) is 2. The van der Waals surface area contributed by atoms with Gasteiger partial charge in [0.15, 0.2) is 5.84 Å². The summed E-state index contributed by atoms with van der Waals surface area (Å²) in [6.07, 6.45) is 6.09. The molecule has 102 valence electrons. The Morgan fingerprint density at radius 1 is 1.39 bits per heavy atom. The molecule has 0 aromatic heterocycles. The molecule has 5 heteroatoms. The summed E-state index contributed by atoms with van der Waals surface area (Å²) < 4.78 is 0. The summed E-state index contributed by atoms with van der Waals surface area (Å²) in [6, 6.07) is 0.301. The second-order valence-corrected chi connectivity index (χ2v) is 5.81. The molecule has 3 N–H and O–H groups in total. The maximum absolute atomic E-state index is 12.5. The average molecular weight is 253 g/mol. The lowest BCUT2D eigenvalue weighted by Gasteiger charge is -2.37. The van der Waals surface area contributed by atoms with Crippen molar-refractivity contribution >= 4 is 11.7 Å². The number of hydrogen-bond acceptors (Lipinski definition) is 3. The molecule has 0 saturated heterocycles. The number of carbonyl (C=O) groups excluding carboxylic acids is 1. The number of rotatable bonds is 3. The van der Waals surface area contributed by atoms with Crippen LogP contribution in [0.5, 0.6) is 0 Å². The van der Waals surface area contributed by atoms with Gasteiger partial charge in [0.25, 0.3) is 0 Å². The molecule has 2 rings (SSSR count). The van der Waals surface area contributed by atoms with Gasteiger partial charge < -0.3 is 15.8 Å². The van der Waals surface area contributed by atoms with Crippen LogP contribution in [0.4, 0.5) is 0 Å². The van der Waals surface area contributed by atoms with E-state index in [0.717, 1.165) is 6.42 Å². The van der Waals surface area contributed by atoms with Crippen molar-refractivity contribution in [1.29, 1.82) is 0 Å². The molecule has 2 aliphatic rings. The molecular formula is C13H23N3O2. The van der Waals surface area contributed by atoms with Crippen LogP contribution in [0.25, 0.3) is 0 Å². The Morgan fingerprint density at radius 3 is 2.50 bits per heavy atom. The molecule has 1 amide bonds. The third-order valence-electron chi connectivity index (χ3n) is 4.64. The van der Waals surface area contributed by atoms with Crippen molar-refractivity contribution in [3.8, 4) is 0 Å². The first-order valence-electron chi connectivity index (χ1n) is 6.78. The first-order valence-corrected chi connectivity index (χ1v) is 6.78. The van der Waals surface area contributed by atoms with Gasteiger partial charge in [0.1, 0.15) is 5.41 Å². The summed E-state index contributed by atoms with van der Waals surface area (Å²) in [6.45, 7) is 2.21. The normalized spacial score (nSPS) is 30.9. The van der Waals surface area contributed by atoms with Gasteiger partial charge in [-0.3, -0.25) is 4.79 Å². The van der Waals surface area contributed by atoms with E-state index in [2.05, 4.69) is 12.1 Å². The van der Waals surface area contributed by atoms with E-state index >= 15 is 0 Å². The van der Waals surface area contributed by atoms with E-state index in [9.17, 15) is 4.79 Å². The van der Waals surface area contributed by atoms with Gasteiger partial charge >= 0.3 is 0 Å². The molecule has 5 nitrogen and oxygen atoms in total.